The molecule has 0 spiro atoms. The van der Waals surface area contributed by atoms with Crippen molar-refractivity contribution in [3.63, 3.8) is 0 Å². The molecule has 142 valence electrons. The number of fused-ring (bicyclic) bond motifs is 3. The van der Waals surface area contributed by atoms with E-state index in [0.29, 0.717) is 31.6 Å². The second-order valence-corrected chi connectivity index (χ2v) is 9.86. The zero-order valence-corrected chi connectivity index (χ0v) is 15.4. The maximum absolute atomic E-state index is 11.4. The van der Waals surface area contributed by atoms with Crippen molar-refractivity contribution in [3.8, 4) is 11.3 Å². The zero-order chi connectivity index (χ0) is 18.4. The highest BCUT2D eigenvalue weighted by Gasteiger charge is 2.64. The molecule has 5 nitrogen and oxygen atoms in total. The van der Waals surface area contributed by atoms with Gasteiger partial charge in [-0.3, -0.25) is 0 Å². The second-order valence-electron chi connectivity index (χ2n) is 9.86. The van der Waals surface area contributed by atoms with Crippen LogP contribution in [-0.4, -0.2) is 42.2 Å². The Morgan fingerprint density at radius 1 is 1.07 bits per heavy atom. The van der Waals surface area contributed by atoms with Gasteiger partial charge in [0.05, 0.1) is 41.6 Å². The lowest BCUT2D eigenvalue weighted by molar-refractivity contribution is -0.252. The van der Waals surface area contributed by atoms with Crippen LogP contribution in [0.4, 0.5) is 0 Å². The topological polar surface area (TPSA) is 78.5 Å². The quantitative estimate of drug-likeness (QED) is 0.780. The lowest BCUT2D eigenvalue weighted by Gasteiger charge is -2.64. The monoisotopic (exact) mass is 366 g/mol. The molecule has 4 saturated carbocycles. The van der Waals surface area contributed by atoms with Crippen LogP contribution in [0.25, 0.3) is 11.3 Å². The van der Waals surface area contributed by atoms with Crippen LogP contribution < -0.4 is 0 Å². The minimum Gasteiger partial charge on any atom is -0.392 e. The van der Waals surface area contributed by atoms with Gasteiger partial charge in [0.2, 0.25) is 0 Å². The van der Waals surface area contributed by atoms with Crippen LogP contribution in [0.15, 0.2) is 36.8 Å². The summed E-state index contributed by atoms with van der Waals surface area (Å²) in [5.41, 5.74) is 1.55. The molecule has 3 N–H and O–H groups in total. The van der Waals surface area contributed by atoms with E-state index in [-0.39, 0.29) is 11.5 Å². The van der Waals surface area contributed by atoms with Crippen molar-refractivity contribution in [2.75, 3.05) is 0 Å². The lowest BCUT2D eigenvalue weighted by Crippen LogP contribution is -2.65. The van der Waals surface area contributed by atoms with E-state index in [9.17, 15) is 15.3 Å². The summed E-state index contributed by atoms with van der Waals surface area (Å²) in [6.07, 6.45) is 7.98. The zero-order valence-electron chi connectivity index (χ0n) is 15.4. The van der Waals surface area contributed by atoms with Gasteiger partial charge in [0.1, 0.15) is 0 Å². The van der Waals surface area contributed by atoms with Crippen molar-refractivity contribution in [3.05, 3.63) is 42.4 Å². The summed E-state index contributed by atoms with van der Waals surface area (Å²) in [5, 5.41) is 33.5. The van der Waals surface area contributed by atoms with Crippen molar-refractivity contribution in [1.82, 2.24) is 9.55 Å². The van der Waals surface area contributed by atoms with E-state index in [2.05, 4.69) is 21.7 Å². The van der Waals surface area contributed by atoms with Gasteiger partial charge in [-0.15, -0.1) is 0 Å². The number of imidazole rings is 1. The summed E-state index contributed by atoms with van der Waals surface area (Å²) in [4.78, 5) is 4.32. The third-order valence-corrected chi connectivity index (χ3v) is 7.80. The number of hydrogen-bond donors (Lipinski definition) is 3. The number of aromatic nitrogens is 2. The molecule has 5 aliphatic rings. The molecule has 0 radical (unpaired) electrons. The van der Waals surface area contributed by atoms with Gasteiger partial charge in [0, 0.05) is 17.4 Å². The Kier molecular flexibility index (Phi) is 3.03. The van der Waals surface area contributed by atoms with Gasteiger partial charge < -0.3 is 19.9 Å². The Morgan fingerprint density at radius 2 is 1.81 bits per heavy atom. The summed E-state index contributed by atoms with van der Waals surface area (Å²) < 4.78 is 2.16. The first-order valence-electron chi connectivity index (χ1n) is 10.1. The number of benzene rings is 1. The molecule has 7 rings (SSSR count). The molecule has 4 fully saturated rings. The lowest BCUT2D eigenvalue weighted by atomic mass is 9.44. The molecular formula is C22H26N2O3. The molecule has 1 aromatic heterocycles. The Morgan fingerprint density at radius 3 is 2.56 bits per heavy atom. The summed E-state index contributed by atoms with van der Waals surface area (Å²) in [6, 6.07) is 8.41. The van der Waals surface area contributed by atoms with Crippen molar-refractivity contribution < 1.29 is 15.3 Å². The third-order valence-electron chi connectivity index (χ3n) is 7.80. The predicted octanol–water partition coefficient (Wildman–Crippen LogP) is 2.65. The van der Waals surface area contributed by atoms with E-state index in [0.717, 1.165) is 25.0 Å². The van der Waals surface area contributed by atoms with E-state index in [1.54, 1.807) is 0 Å². The minimum absolute atomic E-state index is 0.0611. The first-order valence-corrected chi connectivity index (χ1v) is 10.1. The Balaban J connectivity index is 1.35. The highest BCUT2D eigenvalue weighted by molar-refractivity contribution is 5.68. The Hall–Kier alpha value is -1.69. The van der Waals surface area contributed by atoms with Crippen LogP contribution in [0.5, 0.6) is 0 Å². The average molecular weight is 366 g/mol. The number of nitrogens with zero attached hydrogens (tertiary/aromatic N) is 2. The molecule has 4 bridgehead atoms. The van der Waals surface area contributed by atoms with Crippen LogP contribution in [0.2, 0.25) is 0 Å². The smallest absolute Gasteiger partial charge is 0.0956 e. The van der Waals surface area contributed by atoms with E-state index >= 15 is 0 Å². The van der Waals surface area contributed by atoms with Crippen LogP contribution in [0, 0.1) is 11.3 Å². The van der Waals surface area contributed by atoms with E-state index < -0.39 is 17.3 Å². The fourth-order valence-corrected chi connectivity index (χ4v) is 7.42. The fourth-order valence-electron chi connectivity index (χ4n) is 7.42. The van der Waals surface area contributed by atoms with E-state index in [1.807, 2.05) is 24.7 Å². The molecular weight excluding hydrogens is 340 g/mol. The van der Waals surface area contributed by atoms with Gasteiger partial charge in [-0.1, -0.05) is 24.3 Å². The van der Waals surface area contributed by atoms with E-state index in [4.69, 9.17) is 0 Å². The Labute approximate surface area is 158 Å². The molecule has 2 heterocycles. The summed E-state index contributed by atoms with van der Waals surface area (Å²) in [6.45, 7) is 0. The average Bonchev–Trinajstić information content (AvgIpc) is 3.14. The SMILES string of the molecule is O[C@H](C[C@@H]1c2ccccc2-c2cncn21)C12CC3CC(O)(CC(O)(C3)C1)C2. The molecule has 2 unspecified atom stereocenters. The number of rotatable bonds is 3. The molecule has 5 heteroatoms. The maximum atomic E-state index is 11.4. The molecule has 1 aromatic carbocycles. The van der Waals surface area contributed by atoms with Crippen molar-refractivity contribution >= 4 is 0 Å². The largest absolute Gasteiger partial charge is 0.392 e. The van der Waals surface area contributed by atoms with Crippen LogP contribution in [0.3, 0.4) is 0 Å². The van der Waals surface area contributed by atoms with Crippen molar-refractivity contribution in [2.24, 2.45) is 11.3 Å². The fraction of sp³-hybridized carbons (Fsp3) is 0.591. The van der Waals surface area contributed by atoms with Crippen LogP contribution >= 0.6 is 0 Å². The normalized spacial score (nSPS) is 42.2. The second kappa shape index (κ2) is 5.02. The van der Waals surface area contributed by atoms with Gasteiger partial charge in [0.25, 0.3) is 0 Å². The standard InChI is InChI=1S/C22H26N2O3/c25-19(20-6-14-7-21(26,10-20)12-22(27,8-14)11-20)5-17-15-3-1-2-4-16(15)18-9-23-13-24(17)18/h1-4,9,13-14,17,19,25-27H,5-8,10-12H2/t14?,17-,19-,20?,21?,22?/m1/s1. The molecule has 27 heavy (non-hydrogen) atoms. The first kappa shape index (κ1) is 16.3. The van der Waals surface area contributed by atoms with Crippen LogP contribution in [-0.2, 0) is 0 Å². The van der Waals surface area contributed by atoms with Gasteiger partial charge in [-0.25, -0.2) is 4.98 Å². The number of aliphatic hydroxyl groups excluding tert-OH is 1. The highest BCUT2D eigenvalue weighted by atomic mass is 16.3. The van der Waals surface area contributed by atoms with Gasteiger partial charge in [0.15, 0.2) is 0 Å². The number of hydrogen-bond acceptors (Lipinski definition) is 4. The summed E-state index contributed by atoms with van der Waals surface area (Å²) in [5.74, 6) is 0.325. The minimum atomic E-state index is -0.803. The summed E-state index contributed by atoms with van der Waals surface area (Å²) >= 11 is 0. The first-order chi connectivity index (χ1) is 12.9. The summed E-state index contributed by atoms with van der Waals surface area (Å²) in [7, 11) is 0. The molecule has 0 saturated heterocycles. The van der Waals surface area contributed by atoms with Crippen molar-refractivity contribution in [2.45, 2.75) is 68.3 Å². The van der Waals surface area contributed by atoms with Crippen molar-refractivity contribution in [1.29, 1.82) is 0 Å². The third kappa shape index (κ3) is 2.19. The Bertz CT molecular complexity index is 904. The molecule has 4 aliphatic carbocycles. The van der Waals surface area contributed by atoms with Gasteiger partial charge in [-0.05, 0) is 50.0 Å². The predicted molar refractivity (Wildman–Crippen MR) is 100.0 cm³/mol. The molecule has 2 aromatic rings. The number of aliphatic hydroxyl groups is 3. The van der Waals surface area contributed by atoms with Crippen LogP contribution in [0.1, 0.15) is 56.6 Å². The molecule has 1 aliphatic heterocycles. The highest BCUT2D eigenvalue weighted by Crippen LogP contribution is 2.65. The van der Waals surface area contributed by atoms with Gasteiger partial charge in [-0.2, -0.15) is 0 Å². The molecule has 0 amide bonds. The van der Waals surface area contributed by atoms with E-state index in [1.165, 1.54) is 11.1 Å². The van der Waals surface area contributed by atoms with Gasteiger partial charge >= 0.3 is 0 Å². The maximum Gasteiger partial charge on any atom is 0.0956 e. The molecule has 4 atom stereocenters.